The second-order valence-corrected chi connectivity index (χ2v) is 10.3. The summed E-state index contributed by atoms with van der Waals surface area (Å²) in [5, 5.41) is 0.543. The van der Waals surface area contributed by atoms with Crippen LogP contribution in [-0.2, 0) is 22.6 Å². The number of nitrogens with zero attached hydrogens (tertiary/aromatic N) is 4. The summed E-state index contributed by atoms with van der Waals surface area (Å²) >= 11 is 0. The molecule has 3 aromatic rings. The first-order valence-corrected chi connectivity index (χ1v) is 13.8. The Hall–Kier alpha value is -3.68. The fraction of sp³-hybridized carbons (Fsp3) is 0.467. The van der Waals surface area contributed by atoms with Crippen LogP contribution in [0.4, 0.5) is 0 Å². The van der Waals surface area contributed by atoms with Gasteiger partial charge in [0.05, 0.1) is 23.8 Å². The topological polar surface area (TPSA) is 84.7 Å². The van der Waals surface area contributed by atoms with E-state index in [1.54, 1.807) is 17.0 Å². The fourth-order valence-corrected chi connectivity index (χ4v) is 5.59. The second-order valence-electron chi connectivity index (χ2n) is 10.3. The molecule has 3 heterocycles. The average molecular weight is 517 g/mol. The monoisotopic (exact) mass is 516 g/mol. The number of amides is 2. The molecule has 0 radical (unpaired) electrons. The third-order valence-electron chi connectivity index (χ3n) is 7.71. The predicted octanol–water partition coefficient (Wildman–Crippen LogP) is 3.80. The Morgan fingerprint density at radius 3 is 2.76 bits per heavy atom. The molecule has 1 aromatic heterocycles. The van der Waals surface area contributed by atoms with Gasteiger partial charge < -0.3 is 14.5 Å². The van der Waals surface area contributed by atoms with Crippen molar-refractivity contribution in [2.45, 2.75) is 64.0 Å². The molecule has 2 bridgehead atoms. The van der Waals surface area contributed by atoms with E-state index >= 15 is 0 Å². The molecule has 1 atom stereocenters. The third kappa shape index (κ3) is 6.23. The molecule has 1 fully saturated rings. The van der Waals surface area contributed by atoms with Crippen LogP contribution < -0.4 is 10.3 Å². The molecule has 0 spiro atoms. The van der Waals surface area contributed by atoms with Gasteiger partial charge in [0, 0.05) is 38.5 Å². The molecular weight excluding hydrogens is 480 g/mol. The Balaban J connectivity index is 1.28. The van der Waals surface area contributed by atoms with Crippen molar-refractivity contribution >= 4 is 22.7 Å². The zero-order valence-electron chi connectivity index (χ0n) is 21.9. The third-order valence-corrected chi connectivity index (χ3v) is 7.71. The first kappa shape index (κ1) is 25.9. The predicted molar refractivity (Wildman–Crippen MR) is 146 cm³/mol. The molecule has 1 unspecified atom stereocenters. The average Bonchev–Trinajstić information content (AvgIpc) is 2.95. The number of carbonyl (C=O) groups excluding carboxylic acids is 2. The number of ether oxygens (including phenoxy) is 1. The van der Waals surface area contributed by atoms with E-state index in [2.05, 4.69) is 22.0 Å². The molecule has 0 N–H and O–H groups in total. The largest absolute Gasteiger partial charge is 0.492 e. The summed E-state index contributed by atoms with van der Waals surface area (Å²) < 4.78 is 7.52. The molecular formula is C30H36N4O4. The van der Waals surface area contributed by atoms with Gasteiger partial charge in [-0.3, -0.25) is 19.0 Å². The fourth-order valence-electron chi connectivity index (χ4n) is 5.59. The van der Waals surface area contributed by atoms with Crippen molar-refractivity contribution in [2.75, 3.05) is 26.2 Å². The Bertz CT molecular complexity index is 1340. The minimum Gasteiger partial charge on any atom is -0.492 e. The lowest BCUT2D eigenvalue weighted by molar-refractivity contribution is -0.136. The van der Waals surface area contributed by atoms with Crippen molar-refractivity contribution in [1.29, 1.82) is 0 Å². The van der Waals surface area contributed by atoms with Crippen molar-refractivity contribution in [1.82, 2.24) is 19.4 Å². The summed E-state index contributed by atoms with van der Waals surface area (Å²) in [6.45, 7) is 2.36. The first-order chi connectivity index (χ1) is 18.6. The number of para-hydroxylation sites is 1. The Morgan fingerprint density at radius 2 is 1.84 bits per heavy atom. The molecule has 0 aliphatic carbocycles. The summed E-state index contributed by atoms with van der Waals surface area (Å²) in [7, 11) is 0. The minimum absolute atomic E-state index is 0.0602. The highest BCUT2D eigenvalue weighted by Crippen LogP contribution is 2.24. The number of benzene rings is 2. The second kappa shape index (κ2) is 12.2. The number of piperidine rings is 1. The van der Waals surface area contributed by atoms with Gasteiger partial charge in [0.1, 0.15) is 12.4 Å². The Kier molecular flexibility index (Phi) is 8.36. The smallest absolute Gasteiger partial charge is 0.261 e. The molecule has 2 aliphatic heterocycles. The molecule has 8 heteroatoms. The van der Waals surface area contributed by atoms with Gasteiger partial charge in [-0.15, -0.1) is 0 Å². The summed E-state index contributed by atoms with van der Waals surface area (Å²) in [6.07, 6.45) is 7.87. The number of hydrogen-bond acceptors (Lipinski definition) is 5. The van der Waals surface area contributed by atoms with Crippen LogP contribution in [0.2, 0.25) is 0 Å². The standard InChI is InChI=1S/C30H36N4O4/c35-28(15-18-33-22-31-27-11-2-1-10-26(27)30(33)37)32-16-6-12-29(36)34-17-4-3-8-24(34)14-13-23-7-5-9-25(21-23)38-20-19-32/h1-2,5,7,9-11,21-22,24H,3-4,6,8,12-20H2. The first-order valence-electron chi connectivity index (χ1n) is 13.8. The number of rotatable bonds is 3. The number of hydrogen-bond donors (Lipinski definition) is 0. The van der Waals surface area contributed by atoms with Gasteiger partial charge in [-0.2, -0.15) is 0 Å². The number of fused-ring (bicyclic) bond motifs is 4. The van der Waals surface area contributed by atoms with Gasteiger partial charge in [0.2, 0.25) is 11.8 Å². The van der Waals surface area contributed by atoms with E-state index in [-0.39, 0.29) is 36.4 Å². The van der Waals surface area contributed by atoms with Crippen LogP contribution in [0.25, 0.3) is 10.9 Å². The van der Waals surface area contributed by atoms with E-state index in [9.17, 15) is 14.4 Å². The number of aromatic nitrogens is 2. The van der Waals surface area contributed by atoms with Crippen LogP contribution in [0.3, 0.4) is 0 Å². The van der Waals surface area contributed by atoms with Crippen molar-refractivity contribution in [3.05, 3.63) is 70.8 Å². The molecule has 2 aliphatic rings. The molecule has 0 saturated carbocycles. The van der Waals surface area contributed by atoms with Crippen LogP contribution in [-0.4, -0.2) is 63.4 Å². The van der Waals surface area contributed by atoms with Crippen molar-refractivity contribution in [3.63, 3.8) is 0 Å². The van der Waals surface area contributed by atoms with Gasteiger partial charge >= 0.3 is 0 Å². The Morgan fingerprint density at radius 1 is 0.947 bits per heavy atom. The Labute approximate surface area is 223 Å². The van der Waals surface area contributed by atoms with Crippen LogP contribution in [0.15, 0.2) is 59.7 Å². The summed E-state index contributed by atoms with van der Waals surface area (Å²) in [4.78, 5) is 47.4. The molecule has 200 valence electrons. The van der Waals surface area contributed by atoms with E-state index in [4.69, 9.17) is 4.74 Å². The SMILES string of the molecule is O=C(CCn1cnc2ccccc2c1=O)N1CCCC(=O)N2CCCCC2CCc2cccc(c2)OCC1. The molecule has 8 nitrogen and oxygen atoms in total. The lowest BCUT2D eigenvalue weighted by Gasteiger charge is -2.36. The zero-order valence-corrected chi connectivity index (χ0v) is 21.9. The van der Waals surface area contributed by atoms with Gasteiger partial charge in [0.15, 0.2) is 0 Å². The summed E-state index contributed by atoms with van der Waals surface area (Å²) in [5.41, 5.74) is 1.70. The van der Waals surface area contributed by atoms with Crippen molar-refractivity contribution in [2.24, 2.45) is 0 Å². The van der Waals surface area contributed by atoms with Gasteiger partial charge in [-0.1, -0.05) is 24.3 Å². The van der Waals surface area contributed by atoms with E-state index in [0.717, 1.165) is 44.4 Å². The molecule has 38 heavy (non-hydrogen) atoms. The van der Waals surface area contributed by atoms with Gasteiger partial charge in [-0.05, 0) is 68.4 Å². The van der Waals surface area contributed by atoms with Gasteiger partial charge in [-0.25, -0.2) is 4.98 Å². The maximum absolute atomic E-state index is 13.3. The van der Waals surface area contributed by atoms with Crippen LogP contribution in [0.5, 0.6) is 5.75 Å². The quantitative estimate of drug-likeness (QED) is 0.529. The zero-order chi connectivity index (χ0) is 26.3. The summed E-state index contributed by atoms with van der Waals surface area (Å²) in [5.74, 6) is 0.931. The molecule has 2 aromatic carbocycles. The lowest BCUT2D eigenvalue weighted by Crippen LogP contribution is -2.44. The maximum atomic E-state index is 13.3. The summed E-state index contributed by atoms with van der Waals surface area (Å²) in [6, 6.07) is 15.6. The highest BCUT2D eigenvalue weighted by Gasteiger charge is 2.26. The van der Waals surface area contributed by atoms with E-state index in [0.29, 0.717) is 43.4 Å². The van der Waals surface area contributed by atoms with Crippen LogP contribution in [0, 0.1) is 0 Å². The van der Waals surface area contributed by atoms with Crippen LogP contribution in [0.1, 0.15) is 50.5 Å². The molecule has 5 rings (SSSR count). The highest BCUT2D eigenvalue weighted by molar-refractivity contribution is 5.78. The number of aryl methyl sites for hydroxylation is 2. The minimum atomic E-state index is -0.148. The lowest BCUT2D eigenvalue weighted by atomic mass is 9.95. The van der Waals surface area contributed by atoms with E-state index < -0.39 is 0 Å². The maximum Gasteiger partial charge on any atom is 0.261 e. The van der Waals surface area contributed by atoms with Crippen molar-refractivity contribution < 1.29 is 14.3 Å². The molecule has 2 amide bonds. The number of carbonyl (C=O) groups is 2. The highest BCUT2D eigenvalue weighted by atomic mass is 16.5. The normalized spacial score (nSPS) is 19.3. The van der Waals surface area contributed by atoms with Gasteiger partial charge in [0.25, 0.3) is 5.56 Å². The van der Waals surface area contributed by atoms with Crippen LogP contribution >= 0.6 is 0 Å². The van der Waals surface area contributed by atoms with E-state index in [1.165, 1.54) is 16.5 Å². The molecule has 1 saturated heterocycles. The van der Waals surface area contributed by atoms with E-state index in [1.807, 2.05) is 24.3 Å². The van der Waals surface area contributed by atoms with Crippen molar-refractivity contribution in [3.8, 4) is 5.75 Å².